The van der Waals surface area contributed by atoms with E-state index < -0.39 is 0 Å². The molecular weight excluding hydrogens is 323 g/mol. The first-order chi connectivity index (χ1) is 9.56. The van der Waals surface area contributed by atoms with E-state index in [4.69, 9.17) is 39.5 Å². The van der Waals surface area contributed by atoms with Gasteiger partial charge < -0.3 is 9.30 Å². The molecule has 0 aliphatic rings. The molecule has 4 nitrogen and oxygen atoms in total. The molecule has 0 amide bonds. The molecule has 0 radical (unpaired) electrons. The van der Waals surface area contributed by atoms with Gasteiger partial charge in [0, 0.05) is 6.54 Å². The molecule has 0 N–H and O–H groups in total. The number of carbonyl (C=O) groups excluding carboxylic acids is 1. The van der Waals surface area contributed by atoms with Crippen molar-refractivity contribution in [2.24, 2.45) is 0 Å². The minimum absolute atomic E-state index is 0.243. The summed E-state index contributed by atoms with van der Waals surface area (Å²) in [5.41, 5.74) is 1.51. The van der Waals surface area contributed by atoms with Crippen LogP contribution in [0.15, 0.2) is 12.1 Å². The number of benzene rings is 1. The molecular formula is C13H13Cl3N2O2. The van der Waals surface area contributed by atoms with Gasteiger partial charge in [0.25, 0.3) is 0 Å². The van der Waals surface area contributed by atoms with Gasteiger partial charge in [-0.3, -0.25) is 4.79 Å². The molecule has 108 valence electrons. The molecule has 2 rings (SSSR count). The van der Waals surface area contributed by atoms with Gasteiger partial charge in [-0.05, 0) is 19.1 Å². The lowest BCUT2D eigenvalue weighted by molar-refractivity contribution is -0.143. The first kappa shape index (κ1) is 15.4. The predicted molar refractivity (Wildman–Crippen MR) is 80.6 cm³/mol. The molecule has 0 atom stereocenters. The van der Waals surface area contributed by atoms with Crippen LogP contribution in [0.4, 0.5) is 0 Å². The molecule has 1 aromatic carbocycles. The van der Waals surface area contributed by atoms with Gasteiger partial charge >= 0.3 is 5.97 Å². The number of aryl methyl sites for hydroxylation is 1. The normalized spacial score (nSPS) is 11.0. The van der Waals surface area contributed by atoms with Crippen LogP contribution < -0.4 is 0 Å². The second-order valence-electron chi connectivity index (χ2n) is 4.12. The quantitative estimate of drug-likeness (QED) is 0.612. The molecule has 0 aliphatic carbocycles. The van der Waals surface area contributed by atoms with Crippen LogP contribution in [0.3, 0.4) is 0 Å². The third kappa shape index (κ3) is 3.19. The van der Waals surface area contributed by atoms with E-state index in [9.17, 15) is 4.79 Å². The van der Waals surface area contributed by atoms with Crippen molar-refractivity contribution in [2.45, 2.75) is 25.8 Å². The van der Waals surface area contributed by atoms with E-state index in [1.54, 1.807) is 19.1 Å². The minimum atomic E-state index is -0.255. The van der Waals surface area contributed by atoms with Gasteiger partial charge in [0.05, 0.1) is 40.0 Å². The van der Waals surface area contributed by atoms with E-state index in [-0.39, 0.29) is 18.3 Å². The summed E-state index contributed by atoms with van der Waals surface area (Å²) in [7, 11) is 0. The largest absolute Gasteiger partial charge is 0.466 e. The number of aromatic nitrogens is 2. The van der Waals surface area contributed by atoms with E-state index >= 15 is 0 Å². The Hall–Kier alpha value is -0.970. The Bertz CT molecular complexity index is 640. The van der Waals surface area contributed by atoms with Gasteiger partial charge in [-0.1, -0.05) is 23.2 Å². The lowest BCUT2D eigenvalue weighted by atomic mass is 10.3. The highest BCUT2D eigenvalue weighted by atomic mass is 35.5. The van der Waals surface area contributed by atoms with E-state index in [1.807, 2.05) is 4.57 Å². The van der Waals surface area contributed by atoms with E-state index in [0.717, 1.165) is 5.52 Å². The fraction of sp³-hybridized carbons (Fsp3) is 0.385. The summed E-state index contributed by atoms with van der Waals surface area (Å²) >= 11 is 17.9. The topological polar surface area (TPSA) is 44.1 Å². The van der Waals surface area contributed by atoms with E-state index in [0.29, 0.717) is 34.5 Å². The van der Waals surface area contributed by atoms with Crippen LogP contribution in [0.2, 0.25) is 10.0 Å². The number of hydrogen-bond donors (Lipinski definition) is 0. The molecule has 0 spiro atoms. The number of alkyl halides is 1. The number of esters is 1. The SMILES string of the molecule is CCOC(=O)CCn1c(CCl)nc2cc(Cl)c(Cl)cc21. The first-order valence-corrected chi connectivity index (χ1v) is 7.41. The van der Waals surface area contributed by atoms with Crippen LogP contribution in [0.5, 0.6) is 0 Å². The van der Waals surface area contributed by atoms with Crippen molar-refractivity contribution >= 4 is 51.8 Å². The zero-order valence-corrected chi connectivity index (χ0v) is 13.1. The number of hydrogen-bond acceptors (Lipinski definition) is 3. The smallest absolute Gasteiger partial charge is 0.307 e. The summed E-state index contributed by atoms with van der Waals surface area (Å²) in [5.74, 6) is 0.659. The van der Waals surface area contributed by atoms with Gasteiger partial charge in [-0.25, -0.2) is 4.98 Å². The van der Waals surface area contributed by atoms with Crippen LogP contribution >= 0.6 is 34.8 Å². The minimum Gasteiger partial charge on any atom is -0.466 e. The van der Waals surface area contributed by atoms with Gasteiger partial charge in [0.2, 0.25) is 0 Å². The van der Waals surface area contributed by atoms with Crippen molar-refractivity contribution in [2.75, 3.05) is 6.61 Å². The van der Waals surface area contributed by atoms with Gasteiger partial charge in [0.15, 0.2) is 0 Å². The number of fused-ring (bicyclic) bond motifs is 1. The lowest BCUT2D eigenvalue weighted by Crippen LogP contribution is -2.10. The van der Waals surface area contributed by atoms with Crippen molar-refractivity contribution in [3.63, 3.8) is 0 Å². The average molecular weight is 336 g/mol. The van der Waals surface area contributed by atoms with Crippen LogP contribution in [-0.2, 0) is 22.0 Å². The van der Waals surface area contributed by atoms with Gasteiger partial charge in [-0.15, -0.1) is 11.6 Å². The lowest BCUT2D eigenvalue weighted by Gasteiger charge is -2.07. The predicted octanol–water partition coefficient (Wildman–Crippen LogP) is 4.04. The number of imidazole rings is 1. The highest BCUT2D eigenvalue weighted by Gasteiger charge is 2.13. The Kier molecular flexibility index (Phi) is 5.13. The van der Waals surface area contributed by atoms with Crippen LogP contribution in [0.1, 0.15) is 19.2 Å². The van der Waals surface area contributed by atoms with Gasteiger partial charge in [-0.2, -0.15) is 0 Å². The van der Waals surface area contributed by atoms with E-state index in [1.165, 1.54) is 0 Å². The van der Waals surface area contributed by atoms with E-state index in [2.05, 4.69) is 4.98 Å². The second-order valence-corrected chi connectivity index (χ2v) is 5.21. The molecule has 0 saturated carbocycles. The standard InChI is InChI=1S/C13H13Cl3N2O2/c1-2-20-13(19)3-4-18-11-6-9(16)8(15)5-10(11)17-12(18)7-14/h5-6H,2-4,7H2,1H3. The highest BCUT2D eigenvalue weighted by Crippen LogP contribution is 2.28. The molecule has 0 bridgehead atoms. The van der Waals surface area contributed by atoms with Crippen molar-refractivity contribution in [1.29, 1.82) is 0 Å². The maximum atomic E-state index is 11.5. The molecule has 20 heavy (non-hydrogen) atoms. The number of nitrogens with zero attached hydrogens (tertiary/aromatic N) is 2. The summed E-state index contributed by atoms with van der Waals surface area (Å²) in [5, 5.41) is 0.882. The highest BCUT2D eigenvalue weighted by molar-refractivity contribution is 6.42. The maximum Gasteiger partial charge on any atom is 0.307 e. The third-order valence-electron chi connectivity index (χ3n) is 2.83. The molecule has 2 aromatic rings. The fourth-order valence-electron chi connectivity index (χ4n) is 1.96. The molecule has 0 aliphatic heterocycles. The number of carbonyl (C=O) groups is 1. The summed E-state index contributed by atoms with van der Waals surface area (Å²) in [4.78, 5) is 15.9. The Morgan fingerprint density at radius 3 is 2.70 bits per heavy atom. The summed E-state index contributed by atoms with van der Waals surface area (Å²) in [6, 6.07) is 3.42. The monoisotopic (exact) mass is 334 g/mol. The molecule has 7 heteroatoms. The molecule has 0 unspecified atom stereocenters. The molecule has 1 heterocycles. The first-order valence-electron chi connectivity index (χ1n) is 6.12. The number of ether oxygens (including phenoxy) is 1. The van der Waals surface area contributed by atoms with Gasteiger partial charge in [0.1, 0.15) is 5.82 Å². The second kappa shape index (κ2) is 6.66. The molecule has 0 fully saturated rings. The zero-order valence-electron chi connectivity index (χ0n) is 10.8. The fourth-order valence-corrected chi connectivity index (χ4v) is 2.48. The van der Waals surface area contributed by atoms with Crippen molar-refractivity contribution in [1.82, 2.24) is 9.55 Å². The maximum absolute atomic E-state index is 11.5. The van der Waals surface area contributed by atoms with Crippen molar-refractivity contribution < 1.29 is 9.53 Å². The molecule has 0 saturated heterocycles. The van der Waals surface area contributed by atoms with Crippen molar-refractivity contribution in [3.05, 3.63) is 28.0 Å². The summed E-state index contributed by atoms with van der Waals surface area (Å²) in [6.45, 7) is 2.58. The van der Waals surface area contributed by atoms with Crippen molar-refractivity contribution in [3.8, 4) is 0 Å². The zero-order chi connectivity index (χ0) is 14.7. The third-order valence-corrected chi connectivity index (χ3v) is 3.79. The molecule has 1 aromatic heterocycles. The van der Waals surface area contributed by atoms with Crippen LogP contribution in [0.25, 0.3) is 11.0 Å². The summed E-state index contributed by atoms with van der Waals surface area (Å²) in [6.07, 6.45) is 0.253. The Labute approximate surface area is 131 Å². The summed E-state index contributed by atoms with van der Waals surface area (Å²) < 4.78 is 6.78. The Balaban J connectivity index is 2.35. The van der Waals surface area contributed by atoms with Crippen LogP contribution in [-0.4, -0.2) is 22.1 Å². The Morgan fingerprint density at radius 2 is 2.05 bits per heavy atom. The number of rotatable bonds is 5. The average Bonchev–Trinajstić information content (AvgIpc) is 2.74. The van der Waals surface area contributed by atoms with Crippen LogP contribution in [0, 0.1) is 0 Å². The Morgan fingerprint density at radius 1 is 1.35 bits per heavy atom. The number of halogens is 3.